The van der Waals surface area contributed by atoms with E-state index < -0.39 is 0 Å². The maximum absolute atomic E-state index is 10.9. The molecule has 58 valence electrons. The van der Waals surface area contributed by atoms with Gasteiger partial charge in [0, 0.05) is 33.0 Å². The van der Waals surface area contributed by atoms with E-state index in [0.29, 0.717) is 0 Å². The number of rotatable bonds is 2. The molecule has 0 aliphatic carbocycles. The highest BCUT2D eigenvalue weighted by atomic mass is 127. The Balaban J connectivity index is 3.01. The van der Waals surface area contributed by atoms with Crippen LogP contribution in [0.3, 0.4) is 0 Å². The van der Waals surface area contributed by atoms with Gasteiger partial charge in [0.15, 0.2) is 0 Å². The van der Waals surface area contributed by atoms with Gasteiger partial charge in [-0.2, -0.15) is 0 Å². The van der Waals surface area contributed by atoms with E-state index in [9.17, 15) is 4.79 Å². The molecule has 0 aliphatic rings. The number of benzene rings is 1. The smallest absolute Gasteiger partial charge is 0.222 e. The topological polar surface area (TPSA) is 17.1 Å². The highest BCUT2D eigenvalue weighted by Gasteiger charge is 1.99. The second-order valence-electron chi connectivity index (χ2n) is 2.01. The molecule has 0 amide bonds. The van der Waals surface area contributed by atoms with Crippen LogP contribution in [-0.2, 0) is 0 Å². The van der Waals surface area contributed by atoms with Crippen molar-refractivity contribution < 1.29 is 4.79 Å². The van der Waals surface area contributed by atoms with Gasteiger partial charge in [-0.15, -0.1) is 11.8 Å². The number of carbonyl (C=O) groups is 1. The van der Waals surface area contributed by atoms with Gasteiger partial charge in [-0.1, -0.05) is 12.1 Å². The number of carbonyl (C=O) groups excluding carboxylic acids is 1. The van der Waals surface area contributed by atoms with E-state index in [1.807, 2.05) is 30.5 Å². The van der Waals surface area contributed by atoms with Gasteiger partial charge in [0.05, 0.1) is 0 Å². The monoisotopic (exact) mass is 278 g/mol. The number of hydrogen-bond donors (Lipinski definition) is 0. The molecule has 0 saturated heterocycles. The minimum atomic E-state index is 0.0958. The van der Waals surface area contributed by atoms with E-state index in [1.54, 1.807) is 34.4 Å². The minimum absolute atomic E-state index is 0.0958. The van der Waals surface area contributed by atoms with Gasteiger partial charge >= 0.3 is 0 Å². The van der Waals surface area contributed by atoms with Crippen molar-refractivity contribution in [3.05, 3.63) is 29.8 Å². The molecule has 1 rings (SSSR count). The van der Waals surface area contributed by atoms with Gasteiger partial charge in [-0.3, -0.25) is 4.79 Å². The fourth-order valence-electron chi connectivity index (χ4n) is 0.745. The van der Waals surface area contributed by atoms with Crippen LogP contribution in [0.1, 0.15) is 10.4 Å². The molecule has 1 nitrogen and oxygen atoms in total. The summed E-state index contributed by atoms with van der Waals surface area (Å²) < 4.78 is 0.0958. The van der Waals surface area contributed by atoms with Crippen LogP contribution in [0.5, 0.6) is 0 Å². The first kappa shape index (κ1) is 9.06. The van der Waals surface area contributed by atoms with Crippen LogP contribution >= 0.6 is 34.4 Å². The molecule has 0 N–H and O–H groups in total. The molecule has 0 radical (unpaired) electrons. The summed E-state index contributed by atoms with van der Waals surface area (Å²) >= 11 is 3.44. The Hall–Kier alpha value is -0.0300. The Kier molecular flexibility index (Phi) is 3.39. The van der Waals surface area contributed by atoms with Gasteiger partial charge in [-0.25, -0.2) is 0 Å². The van der Waals surface area contributed by atoms with Crippen LogP contribution in [0.15, 0.2) is 29.2 Å². The lowest BCUT2D eigenvalue weighted by Gasteiger charge is -1.96. The van der Waals surface area contributed by atoms with Crippen LogP contribution in [-0.4, -0.2) is 10.0 Å². The van der Waals surface area contributed by atoms with E-state index in [2.05, 4.69) is 0 Å². The zero-order chi connectivity index (χ0) is 8.27. The molecule has 0 unspecified atom stereocenters. The van der Waals surface area contributed by atoms with Crippen molar-refractivity contribution >= 4 is 38.1 Å². The van der Waals surface area contributed by atoms with Gasteiger partial charge in [0.1, 0.15) is 0 Å². The SMILES string of the molecule is CSc1cccc(C(=O)I)c1. The van der Waals surface area contributed by atoms with Gasteiger partial charge in [0.2, 0.25) is 3.79 Å². The molecule has 0 atom stereocenters. The summed E-state index contributed by atoms with van der Waals surface area (Å²) in [6.07, 6.45) is 2.00. The normalized spacial score (nSPS) is 9.64. The van der Waals surface area contributed by atoms with E-state index >= 15 is 0 Å². The average molecular weight is 278 g/mol. The number of thioether (sulfide) groups is 1. The second-order valence-corrected chi connectivity index (χ2v) is 3.87. The molecule has 1 aromatic rings. The van der Waals surface area contributed by atoms with Crippen LogP contribution in [0.2, 0.25) is 0 Å². The highest BCUT2D eigenvalue weighted by molar-refractivity contribution is 14.1. The fraction of sp³-hybridized carbons (Fsp3) is 0.125. The lowest BCUT2D eigenvalue weighted by Crippen LogP contribution is -1.86. The van der Waals surface area contributed by atoms with Crippen molar-refractivity contribution in [1.82, 2.24) is 0 Å². The quantitative estimate of drug-likeness (QED) is 0.470. The summed E-state index contributed by atoms with van der Waals surface area (Å²) in [6, 6.07) is 7.62. The lowest BCUT2D eigenvalue weighted by atomic mass is 10.2. The maximum Gasteiger partial charge on any atom is 0.222 e. The molecule has 0 spiro atoms. The molecule has 0 bridgehead atoms. The van der Waals surface area contributed by atoms with Crippen LogP contribution in [0.25, 0.3) is 0 Å². The van der Waals surface area contributed by atoms with Crippen molar-refractivity contribution in [3.63, 3.8) is 0 Å². The first-order valence-electron chi connectivity index (χ1n) is 3.08. The predicted molar refractivity (Wildman–Crippen MR) is 56.6 cm³/mol. The molecule has 0 aromatic heterocycles. The minimum Gasteiger partial charge on any atom is -0.282 e. The average Bonchev–Trinajstić information content (AvgIpc) is 2.05. The largest absolute Gasteiger partial charge is 0.282 e. The first-order valence-corrected chi connectivity index (χ1v) is 5.38. The summed E-state index contributed by atoms with van der Waals surface area (Å²) in [7, 11) is 0. The zero-order valence-electron chi connectivity index (χ0n) is 6.00. The van der Waals surface area contributed by atoms with Gasteiger partial charge in [0.25, 0.3) is 0 Å². The third kappa shape index (κ3) is 2.48. The van der Waals surface area contributed by atoms with Crippen LogP contribution in [0, 0.1) is 0 Å². The number of hydrogen-bond acceptors (Lipinski definition) is 2. The second kappa shape index (κ2) is 4.11. The Morgan fingerprint density at radius 3 is 2.82 bits per heavy atom. The van der Waals surface area contributed by atoms with Crippen molar-refractivity contribution in [3.8, 4) is 0 Å². The molecular formula is C8H7IOS. The predicted octanol–water partition coefficient (Wildman–Crippen LogP) is 2.98. The van der Waals surface area contributed by atoms with E-state index in [0.717, 1.165) is 10.5 Å². The summed E-state index contributed by atoms with van der Waals surface area (Å²) in [5.41, 5.74) is 0.775. The van der Waals surface area contributed by atoms with E-state index in [-0.39, 0.29) is 3.79 Å². The molecule has 0 heterocycles. The third-order valence-electron chi connectivity index (χ3n) is 1.30. The van der Waals surface area contributed by atoms with Crippen molar-refractivity contribution in [1.29, 1.82) is 0 Å². The van der Waals surface area contributed by atoms with Gasteiger partial charge in [-0.05, 0) is 18.4 Å². The lowest BCUT2D eigenvalue weighted by molar-refractivity contribution is 0.110. The van der Waals surface area contributed by atoms with E-state index in [1.165, 1.54) is 0 Å². The third-order valence-corrected chi connectivity index (χ3v) is 2.64. The summed E-state index contributed by atoms with van der Waals surface area (Å²) in [5, 5.41) is 0. The molecule has 0 aliphatic heterocycles. The van der Waals surface area contributed by atoms with Crippen LogP contribution < -0.4 is 0 Å². The molecular weight excluding hydrogens is 271 g/mol. The Morgan fingerprint density at radius 2 is 2.27 bits per heavy atom. The zero-order valence-corrected chi connectivity index (χ0v) is 8.98. The maximum atomic E-state index is 10.9. The van der Waals surface area contributed by atoms with Crippen molar-refractivity contribution in [2.24, 2.45) is 0 Å². The summed E-state index contributed by atoms with van der Waals surface area (Å²) in [5.74, 6) is 0. The summed E-state index contributed by atoms with van der Waals surface area (Å²) in [6.45, 7) is 0. The van der Waals surface area contributed by atoms with Crippen molar-refractivity contribution in [2.75, 3.05) is 6.26 Å². The molecule has 3 heteroatoms. The Bertz CT molecular complexity index is 273. The molecule has 0 saturated carbocycles. The highest BCUT2D eigenvalue weighted by Crippen LogP contribution is 2.17. The molecule has 0 fully saturated rings. The fourth-order valence-corrected chi connectivity index (χ4v) is 1.54. The van der Waals surface area contributed by atoms with E-state index in [4.69, 9.17) is 0 Å². The van der Waals surface area contributed by atoms with Crippen molar-refractivity contribution in [2.45, 2.75) is 4.90 Å². The molecule has 1 aromatic carbocycles. The Morgan fingerprint density at radius 1 is 1.55 bits per heavy atom. The number of halogens is 1. The first-order chi connectivity index (χ1) is 5.24. The summed E-state index contributed by atoms with van der Waals surface area (Å²) in [4.78, 5) is 12.0. The van der Waals surface area contributed by atoms with Gasteiger partial charge < -0.3 is 0 Å². The Labute approximate surface area is 83.7 Å². The van der Waals surface area contributed by atoms with Crippen LogP contribution in [0.4, 0.5) is 0 Å². The standard InChI is InChI=1S/C8H7IOS/c1-11-7-4-2-3-6(5-7)8(9)10/h2-5H,1H3. The molecule has 11 heavy (non-hydrogen) atoms.